The number of hydrogen-bond acceptors (Lipinski definition) is 5. The van der Waals surface area contributed by atoms with E-state index in [1.807, 2.05) is 29.8 Å². The zero-order valence-corrected chi connectivity index (χ0v) is 16.9. The molecule has 2 heterocycles. The number of rotatable bonds is 4. The number of carbonyl (C=O) groups is 1. The molecule has 1 aliphatic rings. The molecule has 0 bridgehead atoms. The predicted molar refractivity (Wildman–Crippen MR) is 107 cm³/mol. The van der Waals surface area contributed by atoms with Gasteiger partial charge in [-0.25, -0.2) is 4.98 Å². The summed E-state index contributed by atoms with van der Waals surface area (Å²) in [6.45, 7) is 0. The van der Waals surface area contributed by atoms with E-state index in [1.165, 1.54) is 31.0 Å². The molecule has 1 aromatic carbocycles. The van der Waals surface area contributed by atoms with Gasteiger partial charge in [0.1, 0.15) is 5.52 Å². The van der Waals surface area contributed by atoms with Gasteiger partial charge in [-0.2, -0.15) is 0 Å². The van der Waals surface area contributed by atoms with Crippen LogP contribution in [0.1, 0.15) is 32.1 Å². The number of nitrogens with one attached hydrogen (secondary N) is 1. The highest BCUT2D eigenvalue weighted by molar-refractivity contribution is 9.10. The van der Waals surface area contributed by atoms with Crippen molar-refractivity contribution in [2.45, 2.75) is 43.3 Å². The van der Waals surface area contributed by atoms with Crippen molar-refractivity contribution in [3.8, 4) is 0 Å². The van der Waals surface area contributed by atoms with E-state index < -0.39 is 0 Å². The van der Waals surface area contributed by atoms with Crippen LogP contribution in [0.25, 0.3) is 22.1 Å². The first kappa shape index (κ1) is 17.7. The van der Waals surface area contributed by atoms with Crippen molar-refractivity contribution in [2.24, 2.45) is 7.05 Å². The van der Waals surface area contributed by atoms with E-state index in [1.54, 1.807) is 0 Å². The average Bonchev–Trinajstić information content (AvgIpc) is 2.92. The van der Waals surface area contributed by atoms with Crippen LogP contribution in [-0.4, -0.2) is 37.5 Å². The molecule has 136 valence electrons. The molecule has 0 saturated heterocycles. The van der Waals surface area contributed by atoms with E-state index in [9.17, 15) is 4.79 Å². The molecule has 0 atom stereocenters. The van der Waals surface area contributed by atoms with E-state index in [2.05, 4.69) is 36.4 Å². The molecule has 2 aromatic heterocycles. The second-order valence-electron chi connectivity index (χ2n) is 6.68. The number of halogens is 1. The first-order valence-corrected chi connectivity index (χ1v) is 10.6. The fourth-order valence-electron chi connectivity index (χ4n) is 3.52. The van der Waals surface area contributed by atoms with Crippen LogP contribution >= 0.6 is 27.7 Å². The number of aromatic nitrogens is 4. The maximum atomic E-state index is 12.2. The Balaban J connectivity index is 1.49. The second-order valence-corrected chi connectivity index (χ2v) is 8.54. The van der Waals surface area contributed by atoms with Gasteiger partial charge in [0.2, 0.25) is 11.1 Å². The summed E-state index contributed by atoms with van der Waals surface area (Å²) in [6.07, 6.45) is 5.87. The molecule has 1 amide bonds. The van der Waals surface area contributed by atoms with Crippen LogP contribution in [0.15, 0.2) is 27.8 Å². The molecule has 8 heteroatoms. The molecular weight excluding hydrogens is 414 g/mol. The van der Waals surface area contributed by atoms with Crippen molar-refractivity contribution in [1.82, 2.24) is 25.1 Å². The number of amides is 1. The normalized spacial score (nSPS) is 15.6. The lowest BCUT2D eigenvalue weighted by Gasteiger charge is -2.22. The number of hydrogen-bond donors (Lipinski definition) is 1. The average molecular weight is 434 g/mol. The first-order valence-electron chi connectivity index (χ1n) is 8.82. The van der Waals surface area contributed by atoms with Gasteiger partial charge < -0.3 is 9.88 Å². The van der Waals surface area contributed by atoms with Crippen molar-refractivity contribution in [3.05, 3.63) is 22.7 Å². The van der Waals surface area contributed by atoms with Gasteiger partial charge in [-0.3, -0.25) is 4.79 Å². The molecule has 26 heavy (non-hydrogen) atoms. The van der Waals surface area contributed by atoms with Crippen LogP contribution in [0.4, 0.5) is 0 Å². The molecule has 1 aliphatic carbocycles. The van der Waals surface area contributed by atoms with Crippen molar-refractivity contribution < 1.29 is 4.79 Å². The van der Waals surface area contributed by atoms with Crippen LogP contribution in [-0.2, 0) is 11.8 Å². The minimum atomic E-state index is 0.0477. The fourth-order valence-corrected chi connectivity index (χ4v) is 4.48. The van der Waals surface area contributed by atoms with E-state index >= 15 is 0 Å². The smallest absolute Gasteiger partial charge is 0.230 e. The van der Waals surface area contributed by atoms with E-state index in [0.717, 1.165) is 39.4 Å². The van der Waals surface area contributed by atoms with Crippen LogP contribution in [0.5, 0.6) is 0 Å². The van der Waals surface area contributed by atoms with Gasteiger partial charge in [0.05, 0.1) is 11.3 Å². The topological polar surface area (TPSA) is 72.7 Å². The SMILES string of the molecule is Cn1c2ccc(Br)cc2c2nnc(SCC(=O)NC3CCCCC3)nc21. The Morgan fingerprint density at radius 3 is 2.92 bits per heavy atom. The van der Waals surface area contributed by atoms with Crippen molar-refractivity contribution in [1.29, 1.82) is 0 Å². The summed E-state index contributed by atoms with van der Waals surface area (Å²) in [5.74, 6) is 0.366. The summed E-state index contributed by atoms with van der Waals surface area (Å²) in [6, 6.07) is 6.39. The quantitative estimate of drug-likeness (QED) is 0.632. The van der Waals surface area contributed by atoms with Crippen LogP contribution in [0.2, 0.25) is 0 Å². The molecule has 1 N–H and O–H groups in total. The number of thioether (sulfide) groups is 1. The first-order chi connectivity index (χ1) is 12.6. The van der Waals surface area contributed by atoms with Gasteiger partial charge in [0, 0.05) is 22.9 Å². The summed E-state index contributed by atoms with van der Waals surface area (Å²) in [5, 5.41) is 13.2. The molecule has 6 nitrogen and oxygen atoms in total. The summed E-state index contributed by atoms with van der Waals surface area (Å²) in [5.41, 5.74) is 2.62. The minimum absolute atomic E-state index is 0.0477. The van der Waals surface area contributed by atoms with Crippen molar-refractivity contribution >= 4 is 55.7 Å². The van der Waals surface area contributed by atoms with Crippen LogP contribution in [0, 0.1) is 0 Å². The zero-order valence-electron chi connectivity index (χ0n) is 14.5. The van der Waals surface area contributed by atoms with Gasteiger partial charge in [0.25, 0.3) is 0 Å². The van der Waals surface area contributed by atoms with Gasteiger partial charge in [-0.05, 0) is 31.0 Å². The Kier molecular flexibility index (Phi) is 5.13. The second kappa shape index (κ2) is 7.52. The summed E-state index contributed by atoms with van der Waals surface area (Å²) < 4.78 is 3.01. The lowest BCUT2D eigenvalue weighted by atomic mass is 9.95. The number of benzene rings is 1. The van der Waals surface area contributed by atoms with Gasteiger partial charge in [-0.15, -0.1) is 10.2 Å². The number of aryl methyl sites for hydroxylation is 1. The summed E-state index contributed by atoms with van der Waals surface area (Å²) in [7, 11) is 1.97. The number of nitrogens with zero attached hydrogens (tertiary/aromatic N) is 4. The maximum absolute atomic E-state index is 12.2. The lowest BCUT2D eigenvalue weighted by Crippen LogP contribution is -2.37. The minimum Gasteiger partial charge on any atom is -0.353 e. The Morgan fingerprint density at radius 2 is 2.12 bits per heavy atom. The highest BCUT2D eigenvalue weighted by Gasteiger charge is 2.17. The molecule has 4 rings (SSSR count). The van der Waals surface area contributed by atoms with Crippen LogP contribution < -0.4 is 5.32 Å². The highest BCUT2D eigenvalue weighted by atomic mass is 79.9. The largest absolute Gasteiger partial charge is 0.353 e. The van der Waals surface area contributed by atoms with E-state index in [0.29, 0.717) is 17.0 Å². The molecule has 0 unspecified atom stereocenters. The monoisotopic (exact) mass is 433 g/mol. The van der Waals surface area contributed by atoms with Crippen molar-refractivity contribution in [3.63, 3.8) is 0 Å². The highest BCUT2D eigenvalue weighted by Crippen LogP contribution is 2.28. The number of fused-ring (bicyclic) bond motifs is 3. The van der Waals surface area contributed by atoms with E-state index in [-0.39, 0.29) is 5.91 Å². The Bertz CT molecular complexity index is 967. The Labute approximate surface area is 164 Å². The zero-order chi connectivity index (χ0) is 18.1. The molecular formula is C18H20BrN5OS. The van der Waals surface area contributed by atoms with Crippen LogP contribution in [0.3, 0.4) is 0 Å². The summed E-state index contributed by atoms with van der Waals surface area (Å²) in [4.78, 5) is 16.8. The number of carbonyl (C=O) groups excluding carboxylic acids is 1. The van der Waals surface area contributed by atoms with Crippen molar-refractivity contribution in [2.75, 3.05) is 5.75 Å². The van der Waals surface area contributed by atoms with Gasteiger partial charge in [-0.1, -0.05) is 47.0 Å². The maximum Gasteiger partial charge on any atom is 0.230 e. The van der Waals surface area contributed by atoms with Gasteiger partial charge >= 0.3 is 0 Å². The third kappa shape index (κ3) is 3.57. The fraction of sp³-hybridized carbons (Fsp3) is 0.444. The molecule has 1 fully saturated rings. The third-order valence-corrected chi connectivity index (χ3v) is 6.18. The Hall–Kier alpha value is -1.67. The molecule has 1 saturated carbocycles. The van der Waals surface area contributed by atoms with E-state index in [4.69, 9.17) is 0 Å². The van der Waals surface area contributed by atoms with Gasteiger partial charge in [0.15, 0.2) is 5.65 Å². The Morgan fingerprint density at radius 1 is 1.31 bits per heavy atom. The standard InChI is InChI=1S/C18H20BrN5OS/c1-24-14-8-7-11(19)9-13(14)16-17(24)21-18(23-22-16)26-10-15(25)20-12-5-3-2-4-6-12/h7-9,12H,2-6,10H2,1H3,(H,20,25). The summed E-state index contributed by atoms with van der Waals surface area (Å²) >= 11 is 4.83. The lowest BCUT2D eigenvalue weighted by molar-refractivity contribution is -0.119. The predicted octanol–water partition coefficient (Wildman–Crippen LogP) is 3.82. The molecule has 3 aromatic rings. The molecule has 0 aliphatic heterocycles. The third-order valence-electron chi connectivity index (χ3n) is 4.84. The molecule has 0 spiro atoms. The molecule has 0 radical (unpaired) electrons.